The van der Waals surface area contributed by atoms with Crippen LogP contribution < -0.4 is 0 Å². The van der Waals surface area contributed by atoms with Gasteiger partial charge in [-0.3, -0.25) is 0 Å². The van der Waals surface area contributed by atoms with Crippen molar-refractivity contribution in [2.24, 2.45) is 0 Å². The minimum Gasteiger partial charge on any atom is -0.204 e. The average molecular weight is 365 g/mol. The molecule has 21 heavy (non-hydrogen) atoms. The van der Waals surface area contributed by atoms with E-state index in [1.54, 1.807) is 0 Å². The van der Waals surface area contributed by atoms with E-state index in [0.717, 1.165) is 24.3 Å². The molecule has 1 atom stereocenters. The lowest BCUT2D eigenvalue weighted by molar-refractivity contribution is -0.137. The van der Waals surface area contributed by atoms with Crippen LogP contribution in [-0.2, 0) is 12.6 Å². The van der Waals surface area contributed by atoms with Crippen LogP contribution in [0.3, 0.4) is 0 Å². The first kappa shape index (κ1) is 15.9. The molecule has 0 aliphatic heterocycles. The Labute approximate surface area is 126 Å². The second-order valence-corrected chi connectivity index (χ2v) is 5.65. The van der Waals surface area contributed by atoms with Crippen LogP contribution in [0.25, 0.3) is 0 Å². The van der Waals surface area contributed by atoms with E-state index in [4.69, 9.17) is 0 Å². The zero-order chi connectivity index (χ0) is 15.6. The van der Waals surface area contributed by atoms with Crippen LogP contribution in [0.5, 0.6) is 0 Å². The van der Waals surface area contributed by atoms with Crippen molar-refractivity contribution in [2.75, 3.05) is 0 Å². The highest BCUT2D eigenvalue weighted by atomic mass is 79.9. The average Bonchev–Trinajstić information content (AvgIpc) is 2.41. The molecule has 0 aliphatic carbocycles. The largest absolute Gasteiger partial charge is 0.416 e. The molecule has 2 rings (SSSR count). The van der Waals surface area contributed by atoms with Crippen LogP contribution in [-0.4, -0.2) is 0 Å². The van der Waals surface area contributed by atoms with Gasteiger partial charge < -0.3 is 0 Å². The SMILES string of the molecule is Fc1ccc(C(Br)Cc2ccc(C(F)(F)F)cc2)cc1F. The third-order valence-corrected chi connectivity index (χ3v) is 3.85. The van der Waals surface area contributed by atoms with Crippen LogP contribution in [0, 0.1) is 11.6 Å². The highest BCUT2D eigenvalue weighted by Gasteiger charge is 2.29. The normalized spacial score (nSPS) is 13.2. The van der Waals surface area contributed by atoms with Crippen LogP contribution in [0.1, 0.15) is 21.5 Å². The molecule has 112 valence electrons. The molecule has 0 radical (unpaired) electrons. The van der Waals surface area contributed by atoms with Crippen molar-refractivity contribution in [1.82, 2.24) is 0 Å². The Morgan fingerprint density at radius 2 is 1.52 bits per heavy atom. The van der Waals surface area contributed by atoms with E-state index in [1.165, 1.54) is 18.2 Å². The third kappa shape index (κ3) is 4.03. The van der Waals surface area contributed by atoms with Gasteiger partial charge in [0.05, 0.1) is 5.56 Å². The molecule has 1 unspecified atom stereocenters. The second-order valence-electron chi connectivity index (χ2n) is 4.54. The minimum absolute atomic E-state index is 0.315. The predicted molar refractivity (Wildman–Crippen MR) is 73.2 cm³/mol. The molecule has 0 amide bonds. The lowest BCUT2D eigenvalue weighted by Gasteiger charge is -2.12. The minimum atomic E-state index is -4.37. The lowest BCUT2D eigenvalue weighted by atomic mass is 10.0. The topological polar surface area (TPSA) is 0 Å². The number of alkyl halides is 4. The van der Waals surface area contributed by atoms with Gasteiger partial charge in [-0.25, -0.2) is 8.78 Å². The molecule has 0 aromatic heterocycles. The second kappa shape index (κ2) is 6.13. The summed E-state index contributed by atoms with van der Waals surface area (Å²) in [5.74, 6) is -1.89. The summed E-state index contributed by atoms with van der Waals surface area (Å²) in [4.78, 5) is -0.315. The van der Waals surface area contributed by atoms with E-state index in [1.807, 2.05) is 0 Å². The molecule has 0 nitrogen and oxygen atoms in total. The molecule has 2 aromatic rings. The van der Waals surface area contributed by atoms with Crippen molar-refractivity contribution in [3.05, 3.63) is 70.8 Å². The van der Waals surface area contributed by atoms with Gasteiger partial charge in [0.15, 0.2) is 11.6 Å². The summed E-state index contributed by atoms with van der Waals surface area (Å²) in [6.45, 7) is 0. The number of rotatable bonds is 3. The van der Waals surface area contributed by atoms with Crippen molar-refractivity contribution >= 4 is 15.9 Å². The summed E-state index contributed by atoms with van der Waals surface area (Å²) in [5, 5.41) is 0. The van der Waals surface area contributed by atoms with E-state index in [9.17, 15) is 22.0 Å². The molecule has 0 aliphatic rings. The van der Waals surface area contributed by atoms with E-state index in [2.05, 4.69) is 15.9 Å². The summed E-state index contributed by atoms with van der Waals surface area (Å²) in [7, 11) is 0. The number of halogens is 6. The standard InChI is InChI=1S/C15H10BrF5/c16-12(10-3-6-13(17)14(18)8-10)7-9-1-4-11(5-2-9)15(19,20)21/h1-6,8,12H,7H2. The molecule has 0 N–H and O–H groups in total. The Bertz CT molecular complexity index is 619. The van der Waals surface area contributed by atoms with Gasteiger partial charge >= 0.3 is 6.18 Å². The van der Waals surface area contributed by atoms with Gasteiger partial charge in [0, 0.05) is 4.83 Å². The maximum absolute atomic E-state index is 13.1. The fourth-order valence-electron chi connectivity index (χ4n) is 1.86. The lowest BCUT2D eigenvalue weighted by Crippen LogP contribution is -2.05. The third-order valence-electron chi connectivity index (χ3n) is 3.00. The van der Waals surface area contributed by atoms with E-state index < -0.39 is 23.4 Å². The fourth-order valence-corrected chi connectivity index (χ4v) is 2.52. The van der Waals surface area contributed by atoms with Gasteiger partial charge in [0.2, 0.25) is 0 Å². The van der Waals surface area contributed by atoms with Gasteiger partial charge in [0.1, 0.15) is 0 Å². The van der Waals surface area contributed by atoms with Crippen molar-refractivity contribution in [1.29, 1.82) is 0 Å². The Morgan fingerprint density at radius 1 is 0.905 bits per heavy atom. The summed E-state index contributed by atoms with van der Waals surface area (Å²) >= 11 is 3.33. The molecule has 0 heterocycles. The molecular weight excluding hydrogens is 355 g/mol. The maximum atomic E-state index is 13.1. The molecule has 6 heteroatoms. The van der Waals surface area contributed by atoms with Gasteiger partial charge in [0.25, 0.3) is 0 Å². The van der Waals surface area contributed by atoms with E-state index in [0.29, 0.717) is 17.5 Å². The fraction of sp³-hybridized carbons (Fsp3) is 0.200. The highest BCUT2D eigenvalue weighted by Crippen LogP contribution is 2.31. The van der Waals surface area contributed by atoms with Crippen molar-refractivity contribution in [3.8, 4) is 0 Å². The van der Waals surface area contributed by atoms with Crippen LogP contribution in [0.4, 0.5) is 22.0 Å². The van der Waals surface area contributed by atoms with Gasteiger partial charge in [-0.2, -0.15) is 13.2 Å². The Kier molecular flexibility index (Phi) is 4.66. The van der Waals surface area contributed by atoms with Crippen LogP contribution in [0.2, 0.25) is 0 Å². The summed E-state index contributed by atoms with van der Waals surface area (Å²) < 4.78 is 63.3. The molecule has 0 bridgehead atoms. The number of benzene rings is 2. The first-order valence-electron chi connectivity index (χ1n) is 6.02. The molecule has 0 saturated heterocycles. The maximum Gasteiger partial charge on any atom is 0.416 e. The van der Waals surface area contributed by atoms with Crippen molar-refractivity contribution in [3.63, 3.8) is 0 Å². The van der Waals surface area contributed by atoms with Crippen molar-refractivity contribution in [2.45, 2.75) is 17.4 Å². The Morgan fingerprint density at radius 3 is 2.05 bits per heavy atom. The molecule has 0 fully saturated rings. The van der Waals surface area contributed by atoms with Crippen molar-refractivity contribution < 1.29 is 22.0 Å². The van der Waals surface area contributed by atoms with E-state index >= 15 is 0 Å². The Hall–Kier alpha value is -1.43. The molecular formula is C15H10BrF5. The van der Waals surface area contributed by atoms with Gasteiger partial charge in [-0.05, 0) is 41.8 Å². The van der Waals surface area contributed by atoms with Crippen LogP contribution >= 0.6 is 15.9 Å². The molecule has 0 saturated carbocycles. The molecule has 0 spiro atoms. The van der Waals surface area contributed by atoms with Crippen LogP contribution in [0.15, 0.2) is 42.5 Å². The summed E-state index contributed by atoms with van der Waals surface area (Å²) in [6.07, 6.45) is -4.00. The summed E-state index contributed by atoms with van der Waals surface area (Å²) in [6, 6.07) is 8.26. The van der Waals surface area contributed by atoms with Gasteiger partial charge in [-0.15, -0.1) is 0 Å². The first-order valence-corrected chi connectivity index (χ1v) is 6.94. The number of hydrogen-bond donors (Lipinski definition) is 0. The zero-order valence-corrected chi connectivity index (χ0v) is 12.2. The predicted octanol–water partition coefficient (Wildman–Crippen LogP) is 5.66. The zero-order valence-electron chi connectivity index (χ0n) is 10.6. The molecule has 2 aromatic carbocycles. The quantitative estimate of drug-likeness (QED) is 0.486. The van der Waals surface area contributed by atoms with Gasteiger partial charge in [-0.1, -0.05) is 34.1 Å². The Balaban J connectivity index is 2.12. The smallest absolute Gasteiger partial charge is 0.204 e. The first-order chi connectivity index (χ1) is 9.77. The highest BCUT2D eigenvalue weighted by molar-refractivity contribution is 9.09. The van der Waals surface area contributed by atoms with E-state index in [-0.39, 0.29) is 4.83 Å². The summed E-state index contributed by atoms with van der Waals surface area (Å²) in [5.41, 5.74) is 0.466. The monoisotopic (exact) mass is 364 g/mol. The number of hydrogen-bond acceptors (Lipinski definition) is 0.